The molecule has 0 spiro atoms. The van der Waals surface area contributed by atoms with Crippen LogP contribution in [0.5, 0.6) is 0 Å². The zero-order valence-electron chi connectivity index (χ0n) is 17.9. The van der Waals surface area contributed by atoms with E-state index in [-0.39, 0.29) is 43.7 Å². The second-order valence-electron chi connectivity index (χ2n) is 9.96. The highest BCUT2D eigenvalue weighted by Gasteiger charge is 2.39. The number of rotatable bonds is 6. The van der Waals surface area contributed by atoms with Crippen molar-refractivity contribution in [1.82, 2.24) is 4.90 Å². The lowest BCUT2D eigenvalue weighted by atomic mass is 9.88. The summed E-state index contributed by atoms with van der Waals surface area (Å²) in [5, 5.41) is 0. The van der Waals surface area contributed by atoms with E-state index in [1.165, 1.54) is 0 Å². The number of esters is 2. The molecular formula is C21H35F2NO4. The molecule has 0 aromatic rings. The number of carbonyl (C=O) groups excluding carboxylic acids is 2. The summed E-state index contributed by atoms with van der Waals surface area (Å²) in [7, 11) is 0. The highest BCUT2D eigenvalue weighted by atomic mass is 19.3. The molecule has 7 heteroatoms. The molecule has 1 aliphatic heterocycles. The molecule has 1 saturated heterocycles. The average Bonchev–Trinajstić information content (AvgIpc) is 3.01. The summed E-state index contributed by atoms with van der Waals surface area (Å²) < 4.78 is 37.6. The van der Waals surface area contributed by atoms with Crippen LogP contribution in [0.3, 0.4) is 0 Å². The van der Waals surface area contributed by atoms with Gasteiger partial charge in [-0.25, -0.2) is 8.78 Å². The Labute approximate surface area is 167 Å². The molecule has 1 atom stereocenters. The van der Waals surface area contributed by atoms with E-state index in [9.17, 15) is 18.4 Å². The molecule has 0 amide bonds. The fraction of sp³-hybridized carbons (Fsp3) is 0.905. The molecular weight excluding hydrogens is 368 g/mol. The molecule has 2 rings (SSSR count). The number of alkyl halides is 2. The van der Waals surface area contributed by atoms with Gasteiger partial charge in [-0.05, 0) is 66.8 Å². The van der Waals surface area contributed by atoms with Crippen LogP contribution in [0.1, 0.15) is 73.1 Å². The Morgan fingerprint density at radius 1 is 0.964 bits per heavy atom. The lowest BCUT2D eigenvalue weighted by molar-refractivity contribution is -0.166. The van der Waals surface area contributed by atoms with Gasteiger partial charge in [0.25, 0.3) is 0 Å². The Balaban J connectivity index is 1.74. The lowest BCUT2D eigenvalue weighted by Gasteiger charge is -2.31. The number of nitrogens with zero attached hydrogens (tertiary/aromatic N) is 1. The van der Waals surface area contributed by atoms with Crippen molar-refractivity contribution in [1.29, 1.82) is 0 Å². The van der Waals surface area contributed by atoms with Gasteiger partial charge in [0.2, 0.25) is 5.92 Å². The van der Waals surface area contributed by atoms with Crippen LogP contribution in [0.15, 0.2) is 0 Å². The third-order valence-electron chi connectivity index (χ3n) is 5.66. The van der Waals surface area contributed by atoms with E-state index in [0.29, 0.717) is 19.5 Å². The molecule has 1 heterocycles. The monoisotopic (exact) mass is 403 g/mol. The first-order valence-corrected chi connectivity index (χ1v) is 10.3. The van der Waals surface area contributed by atoms with Gasteiger partial charge in [0.1, 0.15) is 12.2 Å². The van der Waals surface area contributed by atoms with Gasteiger partial charge in [-0.15, -0.1) is 0 Å². The van der Waals surface area contributed by atoms with E-state index in [1.54, 1.807) is 0 Å². The van der Waals surface area contributed by atoms with Crippen molar-refractivity contribution in [2.24, 2.45) is 10.8 Å². The zero-order valence-corrected chi connectivity index (χ0v) is 17.9. The van der Waals surface area contributed by atoms with Crippen LogP contribution in [0.2, 0.25) is 0 Å². The largest absolute Gasteiger partial charge is 0.462 e. The fourth-order valence-corrected chi connectivity index (χ4v) is 3.41. The van der Waals surface area contributed by atoms with Gasteiger partial charge in [-0.3, -0.25) is 14.5 Å². The van der Waals surface area contributed by atoms with Gasteiger partial charge >= 0.3 is 11.9 Å². The molecule has 1 aliphatic carbocycles. The van der Waals surface area contributed by atoms with Crippen molar-refractivity contribution in [2.45, 2.75) is 91.3 Å². The normalized spacial score (nSPS) is 24.2. The van der Waals surface area contributed by atoms with E-state index < -0.39 is 22.9 Å². The van der Waals surface area contributed by atoms with Crippen LogP contribution in [0.4, 0.5) is 8.78 Å². The highest BCUT2D eigenvalue weighted by molar-refractivity contribution is 5.76. The third-order valence-corrected chi connectivity index (χ3v) is 5.66. The van der Waals surface area contributed by atoms with E-state index in [4.69, 9.17) is 9.47 Å². The van der Waals surface area contributed by atoms with Crippen LogP contribution >= 0.6 is 0 Å². The highest BCUT2D eigenvalue weighted by Crippen LogP contribution is 2.35. The van der Waals surface area contributed by atoms with Crippen molar-refractivity contribution >= 4 is 11.9 Å². The third kappa shape index (κ3) is 6.68. The summed E-state index contributed by atoms with van der Waals surface area (Å²) in [6.07, 6.45) is 0.910. The fourth-order valence-electron chi connectivity index (χ4n) is 3.41. The number of ether oxygens (including phenoxy) is 2. The quantitative estimate of drug-likeness (QED) is 0.623. The van der Waals surface area contributed by atoms with Crippen molar-refractivity contribution < 1.29 is 27.8 Å². The predicted molar refractivity (Wildman–Crippen MR) is 102 cm³/mol. The molecule has 0 aromatic heterocycles. The first-order valence-electron chi connectivity index (χ1n) is 10.3. The Bertz CT molecular complexity index is 561. The number of hydrogen-bond acceptors (Lipinski definition) is 5. The van der Waals surface area contributed by atoms with E-state index in [2.05, 4.69) is 4.90 Å². The number of likely N-dealkylation sites (tertiary alicyclic amines) is 1. The van der Waals surface area contributed by atoms with Crippen LogP contribution in [0, 0.1) is 10.8 Å². The summed E-state index contributed by atoms with van der Waals surface area (Å²) >= 11 is 0. The summed E-state index contributed by atoms with van der Waals surface area (Å²) in [6.45, 7) is 11.4. The van der Waals surface area contributed by atoms with Gasteiger partial charge in [-0.2, -0.15) is 0 Å². The maximum atomic E-state index is 13.2. The van der Waals surface area contributed by atoms with E-state index in [0.717, 1.165) is 13.0 Å². The minimum Gasteiger partial charge on any atom is -0.462 e. The molecule has 2 aliphatic rings. The van der Waals surface area contributed by atoms with Crippen LogP contribution in [-0.4, -0.2) is 54.6 Å². The predicted octanol–water partition coefficient (Wildman–Crippen LogP) is 4.19. The standard InChI is InChI=1S/C21H35F2NO4/c1-19(2,3)17(25)28-16-8-12-24(14-16)13-11-20(4,5)18(26)27-15-6-9-21(22,23)10-7-15/h15-16H,6-14H2,1-5H3. The smallest absolute Gasteiger partial charge is 0.311 e. The molecule has 5 nitrogen and oxygen atoms in total. The van der Waals surface area contributed by atoms with Crippen LogP contribution in [-0.2, 0) is 19.1 Å². The molecule has 0 bridgehead atoms. The van der Waals surface area contributed by atoms with Crippen molar-refractivity contribution in [3.8, 4) is 0 Å². The maximum absolute atomic E-state index is 13.2. The maximum Gasteiger partial charge on any atom is 0.311 e. The van der Waals surface area contributed by atoms with Crippen molar-refractivity contribution in [2.75, 3.05) is 19.6 Å². The molecule has 1 saturated carbocycles. The van der Waals surface area contributed by atoms with E-state index >= 15 is 0 Å². The summed E-state index contributed by atoms with van der Waals surface area (Å²) in [6, 6.07) is 0. The van der Waals surface area contributed by atoms with Gasteiger partial charge in [0.05, 0.1) is 10.8 Å². The van der Waals surface area contributed by atoms with Gasteiger partial charge in [0.15, 0.2) is 0 Å². The number of carbonyl (C=O) groups is 2. The molecule has 0 aromatic carbocycles. The molecule has 0 N–H and O–H groups in total. The zero-order chi connectivity index (χ0) is 21.2. The van der Waals surface area contributed by atoms with E-state index in [1.807, 2.05) is 34.6 Å². The second-order valence-corrected chi connectivity index (χ2v) is 9.96. The first-order chi connectivity index (χ1) is 12.8. The number of hydrogen-bond donors (Lipinski definition) is 0. The van der Waals surface area contributed by atoms with Crippen molar-refractivity contribution in [3.05, 3.63) is 0 Å². The Kier molecular flexibility index (Phi) is 7.11. The minimum absolute atomic E-state index is 0.106. The van der Waals surface area contributed by atoms with Crippen LogP contribution < -0.4 is 0 Å². The summed E-state index contributed by atoms with van der Waals surface area (Å²) in [4.78, 5) is 26.7. The topological polar surface area (TPSA) is 55.8 Å². The van der Waals surface area contributed by atoms with Gasteiger partial charge in [-0.1, -0.05) is 0 Å². The first kappa shape index (κ1) is 23.0. The molecule has 0 radical (unpaired) electrons. The lowest BCUT2D eigenvalue weighted by Crippen LogP contribution is -2.37. The Hall–Kier alpha value is -1.24. The van der Waals surface area contributed by atoms with Gasteiger partial charge < -0.3 is 9.47 Å². The molecule has 1 unspecified atom stereocenters. The van der Waals surface area contributed by atoms with Gasteiger partial charge in [0, 0.05) is 25.9 Å². The SMILES string of the molecule is CC(C)(C)C(=O)OC1CCN(CCC(C)(C)C(=O)OC2CCC(F)(F)CC2)C1. The molecule has 28 heavy (non-hydrogen) atoms. The average molecular weight is 404 g/mol. The number of halogens is 2. The molecule has 162 valence electrons. The Morgan fingerprint density at radius 3 is 2.11 bits per heavy atom. The minimum atomic E-state index is -2.62. The van der Waals surface area contributed by atoms with Crippen molar-refractivity contribution in [3.63, 3.8) is 0 Å². The second kappa shape index (κ2) is 8.64. The summed E-state index contributed by atoms with van der Waals surface area (Å²) in [5.74, 6) is -3.14. The molecule has 2 fully saturated rings. The Morgan fingerprint density at radius 2 is 1.54 bits per heavy atom. The van der Waals surface area contributed by atoms with Crippen LogP contribution in [0.25, 0.3) is 0 Å². The summed E-state index contributed by atoms with van der Waals surface area (Å²) in [5.41, 5.74) is -1.19.